The second-order valence-electron chi connectivity index (χ2n) is 5.64. The van der Waals surface area contributed by atoms with Crippen LogP contribution in [0.4, 0.5) is 0 Å². The smallest absolute Gasteiger partial charge is 0.354 e. The Balaban J connectivity index is 6.02. The maximum Gasteiger partial charge on any atom is 0.354 e. The minimum Gasteiger partial charge on any atom is -0.478 e. The number of rotatable bonds is 12. The van der Waals surface area contributed by atoms with E-state index in [4.69, 9.17) is 20.4 Å². The first-order valence-electron chi connectivity index (χ1n) is 7.21. The number of aliphatic carboxylic acids is 2. The summed E-state index contributed by atoms with van der Waals surface area (Å²) in [6.07, 6.45) is -15.6. The molecule has 0 aromatic rings. The predicted octanol–water partition coefficient (Wildman–Crippen LogP) is -7.73. The molecule has 0 heterocycles. The lowest BCUT2D eigenvalue weighted by molar-refractivity contribution is -0.241. The van der Waals surface area contributed by atoms with Gasteiger partial charge in [-0.2, -0.15) is 0 Å². The van der Waals surface area contributed by atoms with Crippen molar-refractivity contribution in [3.63, 3.8) is 0 Å². The third kappa shape index (κ3) is 5.27. The van der Waals surface area contributed by atoms with Gasteiger partial charge in [-0.25, -0.2) is 14.9 Å². The normalized spacial score (nSPS) is 23.2. The Hall–Kier alpha value is -1.50. The summed E-state index contributed by atoms with van der Waals surface area (Å²) in [5.74, 6) is -5.02. The first kappa shape index (κ1) is 25.5. The topological polar surface area (TPSA) is 289 Å². The average molecular weight is 405 g/mol. The molecule has 27 heavy (non-hydrogen) atoms. The van der Waals surface area contributed by atoms with Gasteiger partial charge in [-0.3, -0.25) is 0 Å². The molecule has 0 unspecified atom stereocenters. The van der Waals surface area contributed by atoms with Gasteiger partial charge in [0.05, 0.1) is 13.2 Å². The van der Waals surface area contributed by atoms with E-state index in [1.807, 2.05) is 0 Å². The highest BCUT2D eigenvalue weighted by atomic mass is 16.5. The fourth-order valence-corrected chi connectivity index (χ4v) is 1.93. The summed E-state index contributed by atoms with van der Waals surface area (Å²) >= 11 is 0. The van der Waals surface area contributed by atoms with Crippen molar-refractivity contribution in [1.82, 2.24) is 5.32 Å². The van der Waals surface area contributed by atoms with Crippen molar-refractivity contribution in [1.29, 1.82) is 0 Å². The minimum absolute atomic E-state index is 1.03. The van der Waals surface area contributed by atoms with Crippen LogP contribution >= 0.6 is 0 Å². The van der Waals surface area contributed by atoms with Gasteiger partial charge in [-0.05, 0) is 0 Å². The van der Waals surface area contributed by atoms with E-state index in [-0.39, 0.29) is 0 Å². The molecule has 0 aromatic carbocycles. The van der Waals surface area contributed by atoms with Crippen LogP contribution in [0.2, 0.25) is 0 Å². The quantitative estimate of drug-likeness (QED) is 0.134. The van der Waals surface area contributed by atoms with Crippen LogP contribution in [0.1, 0.15) is 0 Å². The maximum absolute atomic E-state index is 11.3. The highest BCUT2D eigenvalue weighted by Gasteiger charge is 2.59. The maximum atomic E-state index is 11.3. The number of hydrogen-bond donors (Lipinski definition) is 13. The molecule has 0 aliphatic carbocycles. The molecule has 0 amide bonds. The number of hydrogen-bond acceptors (Lipinski definition) is 13. The van der Waals surface area contributed by atoms with E-state index in [9.17, 15) is 50.4 Å². The molecule has 15 nitrogen and oxygen atoms in total. The Bertz CT molecular complexity index is 474. The van der Waals surface area contributed by atoms with Crippen LogP contribution in [0.5, 0.6) is 0 Å². The summed E-state index contributed by atoms with van der Waals surface area (Å²) < 4.78 is 0. The van der Waals surface area contributed by atoms with Crippen LogP contribution in [0.15, 0.2) is 0 Å². The van der Waals surface area contributed by atoms with Gasteiger partial charge >= 0.3 is 11.9 Å². The molecule has 0 aliphatic heterocycles. The number of aliphatic hydroxyl groups excluding tert-OH is 8. The zero-order chi connectivity index (χ0) is 21.7. The number of carboxylic acid groups (broad SMARTS) is 2. The van der Waals surface area contributed by atoms with Crippen molar-refractivity contribution < 1.29 is 70.9 Å². The van der Waals surface area contributed by atoms with E-state index in [0.29, 0.717) is 0 Å². The van der Waals surface area contributed by atoms with Gasteiger partial charge < -0.3 is 61.3 Å². The molecule has 0 radical (unpaired) electrons. The summed E-state index contributed by atoms with van der Waals surface area (Å²) in [7, 11) is 0. The molecule has 0 spiro atoms. The molecule has 0 saturated heterocycles. The molecule has 0 fully saturated rings. The summed E-state index contributed by atoms with van der Waals surface area (Å²) in [5, 5.41) is 114. The van der Waals surface area contributed by atoms with Crippen molar-refractivity contribution in [2.75, 3.05) is 13.2 Å². The molecule has 0 saturated carbocycles. The number of nitrogens with one attached hydrogen (secondary N) is 1. The molecular weight excluding hydrogens is 382 g/mol. The van der Waals surface area contributed by atoms with Crippen molar-refractivity contribution in [3.8, 4) is 0 Å². The highest BCUT2D eigenvalue weighted by Crippen LogP contribution is 2.22. The van der Waals surface area contributed by atoms with E-state index >= 15 is 0 Å². The molecule has 15 heteroatoms. The molecule has 0 aliphatic rings. The molecule has 0 bridgehead atoms. The minimum atomic E-state index is -3.96. The lowest BCUT2D eigenvalue weighted by atomic mass is 9.92. The van der Waals surface area contributed by atoms with Gasteiger partial charge in [0, 0.05) is 0 Å². The first-order valence-corrected chi connectivity index (χ1v) is 7.21. The van der Waals surface area contributed by atoms with Gasteiger partial charge in [0.1, 0.15) is 36.6 Å². The SMILES string of the molecule is O=C(O)[C@](O)(N[C@@](O)(C(=O)O)[C@@H](O)[C@H](O)[C@H](O)CO)[C@@H](O)[C@H](O)[C@H](O)CO. The monoisotopic (exact) mass is 405 g/mol. The van der Waals surface area contributed by atoms with E-state index in [1.165, 1.54) is 0 Å². The first-order chi connectivity index (χ1) is 12.2. The van der Waals surface area contributed by atoms with E-state index < -0.39 is 73.2 Å². The van der Waals surface area contributed by atoms with Crippen molar-refractivity contribution >= 4 is 11.9 Å². The Morgan fingerprint density at radius 2 is 0.963 bits per heavy atom. The van der Waals surface area contributed by atoms with Crippen molar-refractivity contribution in [2.45, 2.75) is 48.1 Å². The number of carboxylic acids is 2. The summed E-state index contributed by atoms with van der Waals surface area (Å²) in [4.78, 5) is 22.6. The number of carbonyl (C=O) groups is 2. The number of aliphatic hydroxyl groups is 10. The highest BCUT2D eigenvalue weighted by molar-refractivity contribution is 5.82. The zero-order valence-corrected chi connectivity index (χ0v) is 13.6. The fourth-order valence-electron chi connectivity index (χ4n) is 1.93. The Labute approximate surface area is 150 Å². The van der Waals surface area contributed by atoms with E-state index in [1.54, 1.807) is 0 Å². The molecular formula is C12H23NO14. The lowest BCUT2D eigenvalue weighted by Gasteiger charge is -2.41. The average Bonchev–Trinajstić information content (AvgIpc) is 2.63. The fraction of sp³-hybridized carbons (Fsp3) is 0.833. The second kappa shape index (κ2) is 9.62. The molecule has 13 N–H and O–H groups in total. The van der Waals surface area contributed by atoms with Crippen LogP contribution in [0.3, 0.4) is 0 Å². The lowest BCUT2D eigenvalue weighted by Crippen LogP contribution is -2.77. The third-order valence-electron chi connectivity index (χ3n) is 3.70. The van der Waals surface area contributed by atoms with Crippen LogP contribution < -0.4 is 5.32 Å². The zero-order valence-electron chi connectivity index (χ0n) is 13.6. The van der Waals surface area contributed by atoms with Crippen LogP contribution in [0.25, 0.3) is 0 Å². The Morgan fingerprint density at radius 1 is 0.704 bits per heavy atom. The van der Waals surface area contributed by atoms with Gasteiger partial charge in [0.15, 0.2) is 0 Å². The van der Waals surface area contributed by atoms with E-state index in [2.05, 4.69) is 0 Å². The summed E-state index contributed by atoms with van der Waals surface area (Å²) in [6.45, 7) is -2.44. The molecule has 0 rings (SSSR count). The van der Waals surface area contributed by atoms with Gasteiger partial charge in [0.25, 0.3) is 0 Å². The molecule has 8 atom stereocenters. The third-order valence-corrected chi connectivity index (χ3v) is 3.70. The van der Waals surface area contributed by atoms with Gasteiger partial charge in [-0.1, -0.05) is 0 Å². The van der Waals surface area contributed by atoms with Crippen molar-refractivity contribution in [3.05, 3.63) is 0 Å². The Morgan fingerprint density at radius 3 is 1.15 bits per heavy atom. The second-order valence-corrected chi connectivity index (χ2v) is 5.64. The van der Waals surface area contributed by atoms with Crippen LogP contribution in [-0.2, 0) is 9.59 Å². The Kier molecular flexibility index (Phi) is 9.09. The van der Waals surface area contributed by atoms with Gasteiger partial charge in [-0.15, -0.1) is 0 Å². The molecule has 0 aromatic heterocycles. The van der Waals surface area contributed by atoms with Crippen LogP contribution in [-0.4, -0.2) is 135 Å². The van der Waals surface area contributed by atoms with E-state index in [0.717, 1.165) is 5.32 Å². The van der Waals surface area contributed by atoms with Gasteiger partial charge in [0.2, 0.25) is 11.4 Å². The molecule has 160 valence electrons. The predicted molar refractivity (Wildman–Crippen MR) is 78.5 cm³/mol. The largest absolute Gasteiger partial charge is 0.478 e. The summed E-state index contributed by atoms with van der Waals surface area (Å²) in [6, 6.07) is 0. The standard InChI is InChI=1S/C12H23NO14/c14-1-3(16)5(18)7(20)11(26,9(22)23)13-12(27,10(24)25)8(21)6(19)4(17)2-15/h3-8,13-21,26-27H,1-2H2,(H,22,23)(H,24,25)/t3-,4-,5-,6-,7+,8+,11+,12+/m1/s1. The van der Waals surface area contributed by atoms with Crippen LogP contribution in [0, 0.1) is 0 Å². The van der Waals surface area contributed by atoms with Crippen molar-refractivity contribution in [2.24, 2.45) is 0 Å². The summed E-state index contributed by atoms with van der Waals surface area (Å²) in [5.41, 5.74) is -7.93.